The van der Waals surface area contributed by atoms with Gasteiger partial charge in [-0.3, -0.25) is 4.99 Å². The first-order valence-electron chi connectivity index (χ1n) is 8.11. The first kappa shape index (κ1) is 17.9. The fourth-order valence-electron chi connectivity index (χ4n) is 2.66. The highest BCUT2D eigenvalue weighted by molar-refractivity contribution is 5.73. The van der Waals surface area contributed by atoms with Crippen molar-refractivity contribution in [2.45, 2.75) is 34.1 Å². The molecule has 0 spiro atoms. The maximum Gasteiger partial charge on any atom is 0.126 e. The summed E-state index contributed by atoms with van der Waals surface area (Å²) in [5.41, 5.74) is 7.11. The van der Waals surface area contributed by atoms with Crippen LogP contribution in [0, 0.1) is 12.7 Å². The van der Waals surface area contributed by atoms with Crippen molar-refractivity contribution in [1.29, 1.82) is 0 Å². The minimum atomic E-state index is -0.163. The van der Waals surface area contributed by atoms with E-state index in [9.17, 15) is 4.39 Å². The lowest BCUT2D eigenvalue weighted by Crippen LogP contribution is -1.99. The van der Waals surface area contributed by atoms with Crippen molar-refractivity contribution in [1.82, 2.24) is 0 Å². The molecule has 0 fully saturated rings. The zero-order valence-corrected chi connectivity index (χ0v) is 14.9. The van der Waals surface area contributed by atoms with Gasteiger partial charge in [-0.25, -0.2) is 4.39 Å². The molecule has 0 saturated carbocycles. The lowest BCUT2D eigenvalue weighted by molar-refractivity contribution is 0.613. The van der Waals surface area contributed by atoms with Gasteiger partial charge in [-0.05, 0) is 67.7 Å². The molecule has 0 heterocycles. The molecule has 0 unspecified atom stereocenters. The van der Waals surface area contributed by atoms with Gasteiger partial charge in [0, 0.05) is 18.8 Å². The second-order valence-electron chi connectivity index (χ2n) is 6.14. The Labute approximate surface area is 144 Å². The number of hydrogen-bond acceptors (Lipinski definition) is 1. The number of allylic oxidation sites excluding steroid dienone is 2. The number of benzene rings is 2. The second-order valence-corrected chi connectivity index (χ2v) is 6.14. The van der Waals surface area contributed by atoms with Gasteiger partial charge < -0.3 is 0 Å². The van der Waals surface area contributed by atoms with Crippen LogP contribution in [0.1, 0.15) is 48.6 Å². The highest BCUT2D eigenvalue weighted by Crippen LogP contribution is 2.27. The van der Waals surface area contributed by atoms with E-state index in [1.807, 2.05) is 46.0 Å². The van der Waals surface area contributed by atoms with E-state index in [0.717, 1.165) is 33.4 Å². The quantitative estimate of drug-likeness (QED) is 0.581. The van der Waals surface area contributed by atoms with Crippen LogP contribution in [-0.4, -0.2) is 6.21 Å². The molecule has 0 atom stereocenters. The first-order valence-corrected chi connectivity index (χ1v) is 8.11. The molecule has 24 heavy (non-hydrogen) atoms. The normalized spacial score (nSPS) is 12.0. The van der Waals surface area contributed by atoms with Crippen molar-refractivity contribution in [3.63, 3.8) is 0 Å². The van der Waals surface area contributed by atoms with Gasteiger partial charge in [-0.2, -0.15) is 0 Å². The van der Waals surface area contributed by atoms with Crippen LogP contribution >= 0.6 is 0 Å². The van der Waals surface area contributed by atoms with Gasteiger partial charge in [0.15, 0.2) is 0 Å². The zero-order chi connectivity index (χ0) is 17.7. The molecule has 0 aliphatic rings. The van der Waals surface area contributed by atoms with Gasteiger partial charge in [0.25, 0.3) is 0 Å². The summed E-state index contributed by atoms with van der Waals surface area (Å²) in [5, 5.41) is 0. The topological polar surface area (TPSA) is 12.4 Å². The molecule has 0 bridgehead atoms. The minimum Gasteiger partial charge on any atom is -0.269 e. The maximum atomic E-state index is 14.1. The molecule has 124 valence electrons. The average Bonchev–Trinajstić information content (AvgIpc) is 2.56. The van der Waals surface area contributed by atoms with Crippen molar-refractivity contribution >= 4 is 17.4 Å². The summed E-state index contributed by atoms with van der Waals surface area (Å²) < 4.78 is 14.1. The van der Waals surface area contributed by atoms with Gasteiger partial charge in [0.1, 0.15) is 5.82 Å². The lowest BCUT2D eigenvalue weighted by Gasteiger charge is -2.13. The smallest absolute Gasteiger partial charge is 0.126 e. The maximum absolute atomic E-state index is 14.1. The van der Waals surface area contributed by atoms with Gasteiger partial charge >= 0.3 is 0 Å². The highest BCUT2D eigenvalue weighted by atomic mass is 19.1. The number of aryl methyl sites for hydroxylation is 1. The lowest BCUT2D eigenvalue weighted by atomic mass is 9.92. The third kappa shape index (κ3) is 4.29. The Hall–Kier alpha value is -2.48. The Morgan fingerprint density at radius 2 is 1.88 bits per heavy atom. The van der Waals surface area contributed by atoms with Crippen LogP contribution in [0.3, 0.4) is 0 Å². The van der Waals surface area contributed by atoms with Gasteiger partial charge in [-0.1, -0.05) is 42.0 Å². The van der Waals surface area contributed by atoms with E-state index in [1.165, 1.54) is 6.07 Å². The largest absolute Gasteiger partial charge is 0.269 e. The van der Waals surface area contributed by atoms with E-state index < -0.39 is 0 Å². The third-order valence-electron chi connectivity index (χ3n) is 4.03. The first-order chi connectivity index (χ1) is 11.4. The van der Waals surface area contributed by atoms with Gasteiger partial charge in [0.05, 0.1) is 0 Å². The summed E-state index contributed by atoms with van der Waals surface area (Å²) in [4.78, 5) is 4.22. The van der Waals surface area contributed by atoms with E-state index in [0.29, 0.717) is 12.0 Å². The van der Waals surface area contributed by atoms with Crippen LogP contribution in [0.15, 0.2) is 54.2 Å². The molecule has 0 saturated heterocycles. The summed E-state index contributed by atoms with van der Waals surface area (Å²) in [6.07, 6.45) is 4.15. The number of nitrogens with zero attached hydrogens (tertiary/aromatic N) is 1. The van der Waals surface area contributed by atoms with E-state index in [1.54, 1.807) is 12.3 Å². The molecule has 0 N–H and O–H groups in total. The standard InChI is InChI=1S/C22H24FN/c1-6-24-14-17(5)21-13-18(15(2)3)8-9-19(21)12-20-11-16(4)7-10-22(20)23/h6-11,13-14H,2,12H2,1,3-5H3/b17-14+,24-6?. The Bertz CT molecular complexity index is 813. The predicted octanol–water partition coefficient (Wildman–Crippen LogP) is 6.21. The predicted molar refractivity (Wildman–Crippen MR) is 103 cm³/mol. The fraction of sp³-hybridized carbons (Fsp3) is 0.227. The number of hydrogen-bond donors (Lipinski definition) is 0. The summed E-state index contributed by atoms with van der Waals surface area (Å²) in [7, 11) is 0. The summed E-state index contributed by atoms with van der Waals surface area (Å²) in [6.45, 7) is 11.9. The molecule has 0 aliphatic carbocycles. The van der Waals surface area contributed by atoms with Crippen molar-refractivity contribution in [2.75, 3.05) is 0 Å². The Morgan fingerprint density at radius 1 is 1.12 bits per heavy atom. The van der Waals surface area contributed by atoms with Crippen molar-refractivity contribution in [2.24, 2.45) is 4.99 Å². The highest BCUT2D eigenvalue weighted by Gasteiger charge is 2.10. The molecule has 0 aromatic heterocycles. The molecule has 0 radical (unpaired) electrons. The molecule has 0 aliphatic heterocycles. The molecular formula is C22H24FN. The third-order valence-corrected chi connectivity index (χ3v) is 4.03. The Kier molecular flexibility index (Phi) is 5.86. The van der Waals surface area contributed by atoms with E-state index in [2.05, 4.69) is 23.7 Å². The number of rotatable bonds is 5. The van der Waals surface area contributed by atoms with Gasteiger partial charge in [-0.15, -0.1) is 0 Å². The Balaban J connectivity index is 2.52. The van der Waals surface area contributed by atoms with Crippen molar-refractivity contribution in [3.05, 3.63) is 82.8 Å². The zero-order valence-electron chi connectivity index (χ0n) is 14.9. The van der Waals surface area contributed by atoms with Crippen LogP contribution in [0.2, 0.25) is 0 Å². The minimum absolute atomic E-state index is 0.163. The Morgan fingerprint density at radius 3 is 2.54 bits per heavy atom. The molecule has 2 rings (SSSR count). The summed E-state index contributed by atoms with van der Waals surface area (Å²) in [6, 6.07) is 11.5. The van der Waals surface area contributed by atoms with Crippen LogP contribution in [0.4, 0.5) is 4.39 Å². The van der Waals surface area contributed by atoms with Crippen LogP contribution in [0.25, 0.3) is 11.1 Å². The van der Waals surface area contributed by atoms with E-state index >= 15 is 0 Å². The fourth-order valence-corrected chi connectivity index (χ4v) is 2.66. The van der Waals surface area contributed by atoms with E-state index in [4.69, 9.17) is 0 Å². The molecule has 2 aromatic carbocycles. The molecule has 2 aromatic rings. The average molecular weight is 321 g/mol. The molecular weight excluding hydrogens is 297 g/mol. The van der Waals surface area contributed by atoms with Crippen molar-refractivity contribution < 1.29 is 4.39 Å². The van der Waals surface area contributed by atoms with Gasteiger partial charge in [0.2, 0.25) is 0 Å². The number of halogens is 1. The summed E-state index contributed by atoms with van der Waals surface area (Å²) in [5.74, 6) is -0.163. The van der Waals surface area contributed by atoms with E-state index in [-0.39, 0.29) is 5.82 Å². The molecule has 2 heteroatoms. The van der Waals surface area contributed by atoms with Crippen LogP contribution in [0.5, 0.6) is 0 Å². The van der Waals surface area contributed by atoms with Crippen molar-refractivity contribution in [3.8, 4) is 0 Å². The molecule has 1 nitrogen and oxygen atoms in total. The second kappa shape index (κ2) is 7.87. The monoisotopic (exact) mass is 321 g/mol. The number of aliphatic imine (C=N–C) groups is 1. The SMILES string of the molecule is C=C(C)c1ccc(Cc2cc(C)ccc2F)c(/C(C)=C/N=CC)c1. The van der Waals surface area contributed by atoms with Crippen LogP contribution in [-0.2, 0) is 6.42 Å². The van der Waals surface area contributed by atoms with Crippen LogP contribution < -0.4 is 0 Å². The summed E-state index contributed by atoms with van der Waals surface area (Å²) >= 11 is 0. The molecule has 0 amide bonds.